The number of methoxy groups -OCH3 is 1. The third-order valence-electron chi connectivity index (χ3n) is 9.61. The van der Waals surface area contributed by atoms with Gasteiger partial charge in [0.25, 0.3) is 0 Å². The number of anilines is 1. The van der Waals surface area contributed by atoms with E-state index in [0.717, 1.165) is 36.2 Å². The fourth-order valence-corrected chi connectivity index (χ4v) is 7.55. The van der Waals surface area contributed by atoms with Crippen LogP contribution in [-0.4, -0.2) is 75.1 Å². The van der Waals surface area contributed by atoms with Gasteiger partial charge in [0.15, 0.2) is 0 Å². The lowest BCUT2D eigenvalue weighted by atomic mass is 10.0. The number of carboxylic acid groups (broad SMARTS) is 1. The molecule has 1 saturated heterocycles. The third-order valence-corrected chi connectivity index (χ3v) is 10.5. The van der Waals surface area contributed by atoms with E-state index < -0.39 is 35.6 Å². The van der Waals surface area contributed by atoms with Gasteiger partial charge in [0, 0.05) is 24.1 Å². The number of nitrogens with zero attached hydrogens (tertiary/aromatic N) is 3. The fourth-order valence-electron chi connectivity index (χ4n) is 6.84. The number of hydrogen-bond acceptors (Lipinski definition) is 9. The van der Waals surface area contributed by atoms with Gasteiger partial charge >= 0.3 is 5.97 Å². The standard InChI is InChI=1S/C37H39N5O6S/c1-47-25-16-17-27-29(19-25)39-32(31-15-10-18-49-31)34(40-27)48-26-20-30-33(43)41-37(36(45)46)21-23(37)11-6-3-2-4-9-14-28(35(44)42(30)22-26)38-24-12-7-5-8-13-24/h5-8,10-13,15-19,23,26,28,30,38H,2-4,9,14,20-22H2,1H3,(H,41,43)(H,45,46)/b11-6-/t23-,26+,28-,30-,37+/m0/s1. The lowest BCUT2D eigenvalue weighted by Gasteiger charge is -2.30. The number of amides is 2. The van der Waals surface area contributed by atoms with Crippen molar-refractivity contribution in [2.45, 2.75) is 68.7 Å². The van der Waals surface area contributed by atoms with Gasteiger partial charge in [-0.25, -0.2) is 14.8 Å². The van der Waals surface area contributed by atoms with Gasteiger partial charge in [-0.2, -0.15) is 0 Å². The number of rotatable bonds is 7. The van der Waals surface area contributed by atoms with Gasteiger partial charge in [0.05, 0.1) is 29.6 Å². The normalized spacial score (nSPS) is 26.4. The monoisotopic (exact) mass is 681 g/mol. The number of aromatic nitrogens is 2. The first-order valence-electron chi connectivity index (χ1n) is 16.7. The molecular formula is C37H39N5O6S. The molecule has 11 nitrogen and oxygen atoms in total. The van der Waals surface area contributed by atoms with Crippen LogP contribution in [0.2, 0.25) is 0 Å². The summed E-state index contributed by atoms with van der Waals surface area (Å²) in [5, 5.41) is 18.4. The van der Waals surface area contributed by atoms with Gasteiger partial charge < -0.3 is 30.1 Å². The van der Waals surface area contributed by atoms with Crippen LogP contribution in [0.25, 0.3) is 21.6 Å². The number of aliphatic carboxylic acids is 1. The smallest absolute Gasteiger partial charge is 0.330 e. The fraction of sp³-hybridized carbons (Fsp3) is 0.378. The van der Waals surface area contributed by atoms with E-state index in [1.165, 1.54) is 11.3 Å². The Morgan fingerprint density at radius 3 is 2.69 bits per heavy atom. The highest BCUT2D eigenvalue weighted by Crippen LogP contribution is 2.45. The molecule has 4 heterocycles. The largest absolute Gasteiger partial charge is 0.497 e. The zero-order chi connectivity index (χ0) is 34.0. The second-order valence-electron chi connectivity index (χ2n) is 12.9. The van der Waals surface area contributed by atoms with E-state index in [9.17, 15) is 19.5 Å². The number of benzene rings is 2. The number of hydrogen-bond donors (Lipinski definition) is 3. The molecular weight excluding hydrogens is 643 g/mol. The number of carboxylic acids is 1. The third kappa shape index (κ3) is 6.82. The summed E-state index contributed by atoms with van der Waals surface area (Å²) in [7, 11) is 1.60. The van der Waals surface area contributed by atoms with E-state index in [-0.39, 0.29) is 24.8 Å². The summed E-state index contributed by atoms with van der Waals surface area (Å²) in [6, 6.07) is 17.3. The van der Waals surface area contributed by atoms with Crippen molar-refractivity contribution in [1.82, 2.24) is 20.2 Å². The van der Waals surface area contributed by atoms with Crippen LogP contribution in [0.1, 0.15) is 44.9 Å². The number of carbonyl (C=O) groups is 3. The second kappa shape index (κ2) is 13.9. The maximum absolute atomic E-state index is 14.5. The second-order valence-corrected chi connectivity index (χ2v) is 13.8. The molecule has 0 unspecified atom stereocenters. The van der Waals surface area contributed by atoms with Crippen molar-refractivity contribution in [1.29, 1.82) is 0 Å². The molecule has 2 amide bonds. The van der Waals surface area contributed by atoms with E-state index >= 15 is 0 Å². The van der Waals surface area contributed by atoms with Crippen LogP contribution in [0.3, 0.4) is 0 Å². The summed E-state index contributed by atoms with van der Waals surface area (Å²) >= 11 is 1.50. The molecule has 5 atom stereocenters. The predicted octanol–water partition coefficient (Wildman–Crippen LogP) is 5.68. The molecule has 0 bridgehead atoms. The molecule has 0 radical (unpaired) electrons. The number of ether oxygens (including phenoxy) is 2. The highest BCUT2D eigenvalue weighted by Gasteiger charge is 2.61. The van der Waals surface area contributed by atoms with Crippen LogP contribution in [0.4, 0.5) is 5.69 Å². The molecule has 254 valence electrons. The van der Waals surface area contributed by atoms with Crippen molar-refractivity contribution in [2.75, 3.05) is 19.0 Å². The molecule has 1 aliphatic carbocycles. The summed E-state index contributed by atoms with van der Waals surface area (Å²) in [5.41, 5.74) is 1.23. The van der Waals surface area contributed by atoms with Gasteiger partial charge in [-0.05, 0) is 61.4 Å². The number of fused-ring (bicyclic) bond motifs is 3. The van der Waals surface area contributed by atoms with E-state index in [1.807, 2.05) is 72.1 Å². The van der Waals surface area contributed by atoms with Crippen molar-refractivity contribution in [3.05, 3.63) is 78.2 Å². The maximum atomic E-state index is 14.5. The SMILES string of the molecule is COc1ccc2nc(O[C@@H]3C[C@H]4C(=O)N[C@]5(C(=O)O)C[C@@H]5/C=C\CCCCC[C@H](Nc5ccccc5)C(=O)N4C3)c(-c3cccs3)nc2c1. The Balaban J connectivity index is 1.22. The average Bonchev–Trinajstić information content (AvgIpc) is 3.41. The van der Waals surface area contributed by atoms with Gasteiger partial charge in [-0.3, -0.25) is 9.59 Å². The van der Waals surface area contributed by atoms with Gasteiger partial charge in [-0.15, -0.1) is 11.3 Å². The highest BCUT2D eigenvalue weighted by atomic mass is 32.1. The number of thiophene rings is 1. The highest BCUT2D eigenvalue weighted by molar-refractivity contribution is 7.13. The molecule has 4 aromatic rings. The van der Waals surface area contributed by atoms with Gasteiger partial charge in [0.1, 0.15) is 35.2 Å². The summed E-state index contributed by atoms with van der Waals surface area (Å²) in [4.78, 5) is 53.2. The Morgan fingerprint density at radius 2 is 1.92 bits per heavy atom. The predicted molar refractivity (Wildman–Crippen MR) is 187 cm³/mol. The van der Waals surface area contributed by atoms with Crippen LogP contribution in [-0.2, 0) is 14.4 Å². The lowest BCUT2D eigenvalue weighted by molar-refractivity contribution is -0.145. The van der Waals surface area contributed by atoms with Crippen LogP contribution in [0, 0.1) is 5.92 Å². The first kappa shape index (κ1) is 32.6. The molecule has 2 aromatic heterocycles. The minimum Gasteiger partial charge on any atom is -0.497 e. The Morgan fingerprint density at radius 1 is 1.06 bits per heavy atom. The van der Waals surface area contributed by atoms with Gasteiger partial charge in [0.2, 0.25) is 17.7 Å². The van der Waals surface area contributed by atoms with Crippen molar-refractivity contribution < 1.29 is 29.0 Å². The zero-order valence-corrected chi connectivity index (χ0v) is 28.0. The Hall–Kier alpha value is -4.97. The van der Waals surface area contributed by atoms with Crippen LogP contribution < -0.4 is 20.1 Å². The van der Waals surface area contributed by atoms with Crippen LogP contribution in [0.15, 0.2) is 78.2 Å². The quantitative estimate of drug-likeness (QED) is 0.210. The van der Waals surface area contributed by atoms with Crippen molar-refractivity contribution in [3.8, 4) is 22.2 Å². The molecule has 2 fully saturated rings. The Labute approximate surface area is 288 Å². The summed E-state index contributed by atoms with van der Waals surface area (Å²) in [6.07, 6.45) is 7.87. The Bertz CT molecular complexity index is 1870. The molecule has 3 aliphatic rings. The summed E-state index contributed by atoms with van der Waals surface area (Å²) in [5.74, 6) is -1.14. The first-order chi connectivity index (χ1) is 23.8. The van der Waals surface area contributed by atoms with Crippen LogP contribution in [0.5, 0.6) is 11.6 Å². The molecule has 2 aliphatic heterocycles. The summed E-state index contributed by atoms with van der Waals surface area (Å²) < 4.78 is 12.0. The molecule has 7 rings (SSSR count). The lowest BCUT2D eigenvalue weighted by Crippen LogP contribution is -2.55. The minimum absolute atomic E-state index is 0.125. The van der Waals surface area contributed by atoms with Gasteiger partial charge in [-0.1, -0.05) is 49.3 Å². The summed E-state index contributed by atoms with van der Waals surface area (Å²) in [6.45, 7) is 0.125. The molecule has 3 N–H and O–H groups in total. The molecule has 1 saturated carbocycles. The Kier molecular flexibility index (Phi) is 9.22. The topological polar surface area (TPSA) is 143 Å². The first-order valence-corrected chi connectivity index (χ1v) is 17.6. The molecule has 12 heteroatoms. The molecule has 2 aromatic carbocycles. The van der Waals surface area contributed by atoms with Crippen molar-refractivity contribution in [3.63, 3.8) is 0 Å². The molecule has 0 spiro atoms. The number of para-hydroxylation sites is 1. The number of carbonyl (C=O) groups excluding carboxylic acids is 2. The number of allylic oxidation sites excluding steroid dienone is 1. The van der Waals surface area contributed by atoms with Crippen molar-refractivity contribution in [2.24, 2.45) is 5.92 Å². The van der Waals surface area contributed by atoms with Crippen LogP contribution >= 0.6 is 11.3 Å². The van der Waals surface area contributed by atoms with E-state index in [2.05, 4.69) is 10.6 Å². The maximum Gasteiger partial charge on any atom is 0.330 e. The number of nitrogens with one attached hydrogen (secondary N) is 2. The van der Waals surface area contributed by atoms with Crippen molar-refractivity contribution >= 4 is 45.8 Å². The zero-order valence-electron chi connectivity index (χ0n) is 27.2. The van der Waals surface area contributed by atoms with E-state index in [4.69, 9.17) is 19.4 Å². The minimum atomic E-state index is -1.39. The molecule has 49 heavy (non-hydrogen) atoms. The van der Waals surface area contributed by atoms with E-state index in [1.54, 1.807) is 18.1 Å². The average molecular weight is 682 g/mol. The van der Waals surface area contributed by atoms with E-state index in [0.29, 0.717) is 41.2 Å².